The number of benzene rings is 1. The van der Waals surface area contributed by atoms with Gasteiger partial charge < -0.3 is 4.90 Å². The monoisotopic (exact) mass is 443 g/mol. The minimum atomic E-state index is -0.234. The van der Waals surface area contributed by atoms with Gasteiger partial charge in [0, 0.05) is 29.7 Å². The molecule has 6 nitrogen and oxygen atoms in total. The molecule has 1 amide bonds. The second kappa shape index (κ2) is 7.36. The van der Waals surface area contributed by atoms with Gasteiger partial charge in [0.2, 0.25) is 5.13 Å². The first-order valence-electron chi connectivity index (χ1n) is 8.56. The van der Waals surface area contributed by atoms with Gasteiger partial charge in [-0.05, 0) is 42.7 Å². The fourth-order valence-corrected chi connectivity index (χ4v) is 3.87. The van der Waals surface area contributed by atoms with Crippen molar-refractivity contribution in [2.45, 2.75) is 18.3 Å². The van der Waals surface area contributed by atoms with Crippen LogP contribution in [0.5, 0.6) is 0 Å². The first-order valence-corrected chi connectivity index (χ1v) is 10.2. The van der Waals surface area contributed by atoms with Crippen molar-refractivity contribution >= 4 is 44.1 Å². The number of rotatable bonds is 6. The van der Waals surface area contributed by atoms with Gasteiger partial charge in [-0.3, -0.25) is 10.1 Å². The third kappa shape index (κ3) is 4.01. The summed E-state index contributed by atoms with van der Waals surface area (Å²) in [5, 5.41) is 10.7. The van der Waals surface area contributed by atoms with Gasteiger partial charge >= 0.3 is 0 Å². The molecule has 27 heavy (non-hydrogen) atoms. The maximum Gasteiger partial charge on any atom is 0.259 e. The number of amides is 1. The fourth-order valence-electron chi connectivity index (χ4n) is 3.17. The van der Waals surface area contributed by atoms with Crippen molar-refractivity contribution in [2.24, 2.45) is 0 Å². The first kappa shape index (κ1) is 18.1. The van der Waals surface area contributed by atoms with Gasteiger partial charge in [0.05, 0.1) is 5.56 Å². The topological polar surface area (TPSA) is 71.0 Å². The maximum atomic E-state index is 12.2. The van der Waals surface area contributed by atoms with Crippen LogP contribution in [0.25, 0.3) is 0 Å². The van der Waals surface area contributed by atoms with Crippen molar-refractivity contribution in [1.29, 1.82) is 0 Å². The Morgan fingerprint density at radius 1 is 1.26 bits per heavy atom. The zero-order chi connectivity index (χ0) is 18.9. The van der Waals surface area contributed by atoms with Crippen LogP contribution in [0, 0.1) is 0 Å². The van der Waals surface area contributed by atoms with Gasteiger partial charge in [-0.25, -0.2) is 4.98 Å². The number of halogens is 1. The Kier molecular flexibility index (Phi) is 4.92. The van der Waals surface area contributed by atoms with Gasteiger partial charge in [0.15, 0.2) is 0 Å². The van der Waals surface area contributed by atoms with E-state index in [0.29, 0.717) is 10.7 Å². The highest BCUT2D eigenvalue weighted by atomic mass is 79.9. The predicted octanol–water partition coefficient (Wildman–Crippen LogP) is 4.12. The summed E-state index contributed by atoms with van der Waals surface area (Å²) >= 11 is 4.78. The average molecular weight is 444 g/mol. The molecule has 8 heteroatoms. The molecule has 2 heterocycles. The Balaban J connectivity index is 1.42. The lowest BCUT2D eigenvalue weighted by Gasteiger charge is -2.25. The third-order valence-corrected chi connectivity index (χ3v) is 5.97. The lowest BCUT2D eigenvalue weighted by Crippen LogP contribution is -2.29. The molecule has 1 N–H and O–H groups in total. The average Bonchev–Trinajstić information content (AvgIpc) is 3.27. The van der Waals surface area contributed by atoms with E-state index in [1.54, 1.807) is 17.8 Å². The molecule has 0 spiro atoms. The lowest BCUT2D eigenvalue weighted by atomic mass is 9.95. The summed E-state index contributed by atoms with van der Waals surface area (Å²) in [6.07, 6.45) is 3.96. The summed E-state index contributed by atoms with van der Waals surface area (Å²) in [6.45, 7) is 0.901. The van der Waals surface area contributed by atoms with Crippen LogP contribution < -0.4 is 10.2 Å². The predicted molar refractivity (Wildman–Crippen MR) is 110 cm³/mol. The van der Waals surface area contributed by atoms with Gasteiger partial charge in [0.1, 0.15) is 11.3 Å². The van der Waals surface area contributed by atoms with E-state index in [1.165, 1.54) is 29.7 Å². The number of likely N-dealkylation sites (N-methyl/N-ethyl adjacent to an activating group) is 1. The largest absolute Gasteiger partial charge is 0.359 e. The molecule has 1 aromatic carbocycles. The van der Waals surface area contributed by atoms with Crippen molar-refractivity contribution in [2.75, 3.05) is 23.8 Å². The zero-order valence-electron chi connectivity index (χ0n) is 14.7. The number of nitrogens with zero attached hydrogens (tertiary/aromatic N) is 4. The molecule has 3 aromatic rings. The van der Waals surface area contributed by atoms with Gasteiger partial charge in [-0.15, -0.1) is 10.2 Å². The minimum absolute atomic E-state index is 0.199. The van der Waals surface area contributed by atoms with Gasteiger partial charge in [-0.2, -0.15) is 0 Å². The molecule has 0 atom stereocenters. The van der Waals surface area contributed by atoms with E-state index < -0.39 is 0 Å². The molecule has 0 radical (unpaired) electrons. The number of hydrogen-bond acceptors (Lipinski definition) is 6. The van der Waals surface area contributed by atoms with Crippen LogP contribution in [0.15, 0.2) is 52.6 Å². The van der Waals surface area contributed by atoms with E-state index in [9.17, 15) is 4.79 Å². The quantitative estimate of drug-likeness (QED) is 0.620. The molecule has 1 saturated carbocycles. The Hall–Kier alpha value is -2.32. The molecule has 0 bridgehead atoms. The van der Waals surface area contributed by atoms with Crippen molar-refractivity contribution in [3.63, 3.8) is 0 Å². The molecule has 0 saturated heterocycles. The lowest BCUT2D eigenvalue weighted by molar-refractivity contribution is 0.102. The van der Waals surface area contributed by atoms with Gasteiger partial charge in [-0.1, -0.05) is 39.4 Å². The summed E-state index contributed by atoms with van der Waals surface area (Å²) in [6, 6.07) is 12.2. The SMILES string of the molecule is CN(CC1(c2ccc(Br)cc2)CC1)c1ccc(C(=O)Nc2nncs2)cn1. The van der Waals surface area contributed by atoms with Crippen molar-refractivity contribution < 1.29 is 4.79 Å². The number of carbonyl (C=O) groups excluding carboxylic acids is 1. The first-order chi connectivity index (χ1) is 13.1. The number of nitrogens with one attached hydrogen (secondary N) is 1. The molecule has 2 aromatic heterocycles. The van der Waals surface area contributed by atoms with Crippen LogP contribution in [0.1, 0.15) is 28.8 Å². The van der Waals surface area contributed by atoms with E-state index in [2.05, 4.69) is 65.6 Å². The molecule has 0 unspecified atom stereocenters. The highest BCUT2D eigenvalue weighted by Gasteiger charge is 2.45. The Labute approximate surface area is 169 Å². The summed E-state index contributed by atoms with van der Waals surface area (Å²) in [7, 11) is 2.04. The molecule has 1 aliphatic rings. The summed E-state index contributed by atoms with van der Waals surface area (Å²) < 4.78 is 1.10. The van der Waals surface area contributed by atoms with Crippen molar-refractivity contribution in [1.82, 2.24) is 15.2 Å². The van der Waals surface area contributed by atoms with Crippen LogP contribution in [0.4, 0.5) is 10.9 Å². The number of hydrogen-bond donors (Lipinski definition) is 1. The standard InChI is InChI=1S/C19H18BrN5OS/c1-25(11-19(8-9-19)14-3-5-15(20)6-4-14)16-7-2-13(10-21-16)17(26)23-18-24-22-12-27-18/h2-7,10,12H,8-9,11H2,1H3,(H,23,24,26). The van der Waals surface area contributed by atoms with Crippen LogP contribution in [0.3, 0.4) is 0 Å². The van der Waals surface area contributed by atoms with E-state index in [0.717, 1.165) is 16.8 Å². The highest BCUT2D eigenvalue weighted by molar-refractivity contribution is 9.10. The molecular formula is C19H18BrN5OS. The van der Waals surface area contributed by atoms with Crippen molar-refractivity contribution in [3.05, 3.63) is 63.7 Å². The highest BCUT2D eigenvalue weighted by Crippen LogP contribution is 2.49. The van der Waals surface area contributed by atoms with E-state index in [4.69, 9.17) is 0 Å². The molecule has 0 aliphatic heterocycles. The van der Waals surface area contributed by atoms with E-state index >= 15 is 0 Å². The van der Waals surface area contributed by atoms with Crippen molar-refractivity contribution in [3.8, 4) is 0 Å². The molecule has 138 valence electrons. The minimum Gasteiger partial charge on any atom is -0.359 e. The Bertz CT molecular complexity index is 924. The summed E-state index contributed by atoms with van der Waals surface area (Å²) in [5.74, 6) is 0.618. The second-order valence-corrected chi connectivity index (χ2v) is 8.50. The summed E-state index contributed by atoms with van der Waals surface area (Å²) in [4.78, 5) is 18.8. The molecular weight excluding hydrogens is 426 g/mol. The molecule has 1 fully saturated rings. The van der Waals surface area contributed by atoms with E-state index in [-0.39, 0.29) is 11.3 Å². The maximum absolute atomic E-state index is 12.2. The number of carbonyl (C=O) groups is 1. The van der Waals surface area contributed by atoms with Crippen LogP contribution in [-0.4, -0.2) is 34.7 Å². The second-order valence-electron chi connectivity index (χ2n) is 6.75. The third-order valence-electron chi connectivity index (χ3n) is 4.83. The molecule has 1 aliphatic carbocycles. The molecule has 4 rings (SSSR count). The van der Waals surface area contributed by atoms with Crippen LogP contribution in [0.2, 0.25) is 0 Å². The smallest absolute Gasteiger partial charge is 0.259 e. The van der Waals surface area contributed by atoms with Gasteiger partial charge in [0.25, 0.3) is 5.91 Å². The summed E-state index contributed by atoms with van der Waals surface area (Å²) in [5.41, 5.74) is 3.64. The van der Waals surface area contributed by atoms with E-state index in [1.807, 2.05) is 13.1 Å². The Morgan fingerprint density at radius 2 is 2.04 bits per heavy atom. The number of anilines is 2. The number of aromatic nitrogens is 3. The normalized spacial score (nSPS) is 14.6. The number of pyridine rings is 1. The van der Waals surface area contributed by atoms with Crippen LogP contribution in [-0.2, 0) is 5.41 Å². The zero-order valence-corrected chi connectivity index (χ0v) is 17.1. The fraction of sp³-hybridized carbons (Fsp3) is 0.263. The van der Waals surface area contributed by atoms with Crippen LogP contribution >= 0.6 is 27.3 Å². The Morgan fingerprint density at radius 3 is 2.63 bits per heavy atom.